The van der Waals surface area contributed by atoms with Crippen molar-refractivity contribution in [3.05, 3.63) is 77.4 Å². The van der Waals surface area contributed by atoms with Crippen LogP contribution in [0.3, 0.4) is 0 Å². The Morgan fingerprint density at radius 3 is 2.57 bits per heavy atom. The van der Waals surface area contributed by atoms with Gasteiger partial charge in [-0.15, -0.1) is 0 Å². The van der Waals surface area contributed by atoms with E-state index in [9.17, 15) is 9.59 Å². The van der Waals surface area contributed by atoms with Crippen LogP contribution in [0.25, 0.3) is 6.08 Å². The van der Waals surface area contributed by atoms with Gasteiger partial charge in [-0.05, 0) is 70.0 Å². The molecule has 2 N–H and O–H groups in total. The van der Waals surface area contributed by atoms with Crippen molar-refractivity contribution in [3.8, 4) is 11.5 Å². The SMILES string of the molecule is COCOc1cc(OCCCN)cc2c1C(=O)O[C@@H](C)[C@H](C)/C=C\C(OC(=O)c1ccccc1)[C@H]1OC(C)(C)O[C@H]1CC=C2. The largest absolute Gasteiger partial charge is 0.493 e. The van der Waals surface area contributed by atoms with Crippen LogP contribution in [0.1, 0.15) is 66.8 Å². The van der Waals surface area contributed by atoms with Gasteiger partial charge in [-0.2, -0.15) is 0 Å². The number of hydrogen-bond acceptors (Lipinski definition) is 10. The van der Waals surface area contributed by atoms with Crippen LogP contribution in [0.15, 0.2) is 60.7 Å². The molecule has 0 aliphatic carbocycles. The van der Waals surface area contributed by atoms with Crippen LogP contribution in [0.4, 0.5) is 0 Å². The molecular weight excluding hydrogens is 566 g/mol. The second kappa shape index (κ2) is 15.3. The van der Waals surface area contributed by atoms with Gasteiger partial charge in [-0.1, -0.05) is 43.4 Å². The monoisotopic (exact) mass is 609 g/mol. The first-order chi connectivity index (χ1) is 21.1. The number of benzene rings is 2. The van der Waals surface area contributed by atoms with Crippen molar-refractivity contribution in [2.75, 3.05) is 27.1 Å². The normalized spacial score (nSPS) is 25.6. The average Bonchev–Trinajstić information content (AvgIpc) is 3.31. The van der Waals surface area contributed by atoms with Crippen molar-refractivity contribution in [2.24, 2.45) is 11.7 Å². The number of hydrogen-bond donors (Lipinski definition) is 1. The summed E-state index contributed by atoms with van der Waals surface area (Å²) in [5.41, 5.74) is 6.86. The third kappa shape index (κ3) is 8.69. The number of ether oxygens (including phenoxy) is 7. The molecule has 4 rings (SSSR count). The lowest BCUT2D eigenvalue weighted by atomic mass is 9.98. The molecule has 1 fully saturated rings. The highest BCUT2D eigenvalue weighted by molar-refractivity contribution is 5.97. The van der Waals surface area contributed by atoms with E-state index in [1.165, 1.54) is 7.11 Å². The molecule has 1 unspecified atom stereocenters. The molecule has 2 aromatic rings. The summed E-state index contributed by atoms with van der Waals surface area (Å²) in [6, 6.07) is 12.2. The zero-order valence-corrected chi connectivity index (χ0v) is 26.0. The van der Waals surface area contributed by atoms with Crippen LogP contribution in [-0.4, -0.2) is 69.2 Å². The highest BCUT2D eigenvalue weighted by Crippen LogP contribution is 2.36. The number of rotatable bonds is 9. The second-order valence-corrected chi connectivity index (χ2v) is 11.3. The van der Waals surface area contributed by atoms with Gasteiger partial charge in [0.05, 0.1) is 18.3 Å². The average molecular weight is 610 g/mol. The van der Waals surface area contributed by atoms with Gasteiger partial charge in [0, 0.05) is 19.1 Å². The molecule has 2 aromatic carbocycles. The standard InChI is InChI=1S/C34H43NO9/c1-22-15-16-27(42-32(36)24-11-7-6-8-12-24)31-28(43-34(3,4)44-31)14-9-13-25-19-26(39-18-10-17-35)20-29(40-21-38-5)30(25)33(37)41-23(22)2/h6-9,11-13,15-16,19-20,22-23,27-28,31H,10,14,17-18,21,35H2,1-5H3/b13-9?,16-15-/t22-,23+,27?,28+,31-/m1/s1. The summed E-state index contributed by atoms with van der Waals surface area (Å²) < 4.78 is 41.4. The molecule has 10 nitrogen and oxygen atoms in total. The fourth-order valence-electron chi connectivity index (χ4n) is 4.96. The summed E-state index contributed by atoms with van der Waals surface area (Å²) in [6.45, 7) is 8.20. The number of carbonyl (C=O) groups is 2. The molecule has 2 aliphatic rings. The van der Waals surface area contributed by atoms with Crippen LogP contribution < -0.4 is 15.2 Å². The van der Waals surface area contributed by atoms with E-state index >= 15 is 0 Å². The fraction of sp³-hybridized carbons (Fsp3) is 0.471. The van der Waals surface area contributed by atoms with Crippen molar-refractivity contribution < 1.29 is 42.7 Å². The van der Waals surface area contributed by atoms with Crippen LogP contribution in [-0.2, 0) is 23.7 Å². The fourth-order valence-corrected chi connectivity index (χ4v) is 4.96. The molecule has 0 saturated carbocycles. The molecule has 238 valence electrons. The van der Waals surface area contributed by atoms with Crippen molar-refractivity contribution in [1.82, 2.24) is 0 Å². The van der Waals surface area contributed by atoms with Gasteiger partial charge >= 0.3 is 11.9 Å². The molecule has 0 bridgehead atoms. The quantitative estimate of drug-likeness (QED) is 0.173. The smallest absolute Gasteiger partial charge is 0.342 e. The van der Waals surface area contributed by atoms with E-state index in [0.717, 1.165) is 0 Å². The Kier molecular flexibility index (Phi) is 11.6. The number of cyclic esters (lactones) is 1. The van der Waals surface area contributed by atoms with E-state index in [2.05, 4.69) is 0 Å². The van der Waals surface area contributed by atoms with Gasteiger partial charge in [0.2, 0.25) is 0 Å². The minimum absolute atomic E-state index is 0.0719. The summed E-state index contributed by atoms with van der Waals surface area (Å²) in [6.07, 6.45) is 6.05. The van der Waals surface area contributed by atoms with Gasteiger partial charge in [0.15, 0.2) is 12.6 Å². The Bertz CT molecular complexity index is 1320. The summed E-state index contributed by atoms with van der Waals surface area (Å²) in [4.78, 5) is 26.8. The van der Waals surface area contributed by atoms with Crippen LogP contribution in [0, 0.1) is 5.92 Å². The minimum Gasteiger partial charge on any atom is -0.493 e. The predicted octanol–water partition coefficient (Wildman–Crippen LogP) is 5.30. The van der Waals surface area contributed by atoms with E-state index in [4.69, 9.17) is 38.9 Å². The molecule has 1 saturated heterocycles. The maximum Gasteiger partial charge on any atom is 0.342 e. The number of methoxy groups -OCH3 is 1. The Morgan fingerprint density at radius 1 is 1.07 bits per heavy atom. The first-order valence-electron chi connectivity index (χ1n) is 14.9. The van der Waals surface area contributed by atoms with Crippen LogP contribution in [0.5, 0.6) is 11.5 Å². The van der Waals surface area contributed by atoms with Crippen LogP contribution >= 0.6 is 0 Å². The Labute approximate surface area is 259 Å². The maximum atomic E-state index is 13.6. The number of esters is 2. The lowest BCUT2D eigenvalue weighted by Crippen LogP contribution is -2.37. The Morgan fingerprint density at radius 2 is 1.84 bits per heavy atom. The van der Waals surface area contributed by atoms with Gasteiger partial charge in [-0.3, -0.25) is 0 Å². The van der Waals surface area contributed by atoms with Gasteiger partial charge < -0.3 is 38.9 Å². The number of fused-ring (bicyclic) bond motifs is 2. The lowest BCUT2D eigenvalue weighted by molar-refractivity contribution is -0.152. The molecule has 0 aromatic heterocycles. The third-order valence-corrected chi connectivity index (χ3v) is 7.36. The molecule has 10 heteroatoms. The molecular formula is C34H43NO9. The summed E-state index contributed by atoms with van der Waals surface area (Å²) in [7, 11) is 1.50. The minimum atomic E-state index is -0.913. The Hall–Kier alpha value is -3.70. The molecule has 2 heterocycles. The van der Waals surface area contributed by atoms with E-state index in [1.807, 2.05) is 39.0 Å². The zero-order valence-electron chi connectivity index (χ0n) is 26.0. The van der Waals surface area contributed by atoms with Crippen LogP contribution in [0.2, 0.25) is 0 Å². The Balaban J connectivity index is 1.73. The van der Waals surface area contributed by atoms with E-state index in [-0.39, 0.29) is 24.0 Å². The maximum absolute atomic E-state index is 13.6. The third-order valence-electron chi connectivity index (χ3n) is 7.36. The van der Waals surface area contributed by atoms with Crippen molar-refractivity contribution in [3.63, 3.8) is 0 Å². The predicted molar refractivity (Wildman–Crippen MR) is 164 cm³/mol. The molecule has 0 spiro atoms. The zero-order chi connectivity index (χ0) is 31.7. The van der Waals surface area contributed by atoms with Gasteiger partial charge in [-0.25, -0.2) is 9.59 Å². The topological polar surface area (TPSA) is 125 Å². The van der Waals surface area contributed by atoms with Crippen molar-refractivity contribution in [2.45, 2.75) is 70.7 Å². The summed E-state index contributed by atoms with van der Waals surface area (Å²) in [5.74, 6) is -1.40. The highest BCUT2D eigenvalue weighted by Gasteiger charge is 2.45. The first-order valence-corrected chi connectivity index (χ1v) is 14.9. The van der Waals surface area contributed by atoms with E-state index < -0.39 is 42.1 Å². The summed E-state index contributed by atoms with van der Waals surface area (Å²) in [5, 5.41) is 0. The number of nitrogens with two attached hydrogens (primary N) is 1. The van der Waals surface area contributed by atoms with E-state index in [0.29, 0.717) is 42.9 Å². The van der Waals surface area contributed by atoms with Gasteiger partial charge in [0.1, 0.15) is 35.4 Å². The molecule has 2 aliphatic heterocycles. The van der Waals surface area contributed by atoms with Crippen molar-refractivity contribution in [1.29, 1.82) is 0 Å². The summed E-state index contributed by atoms with van der Waals surface area (Å²) >= 11 is 0. The van der Waals surface area contributed by atoms with E-state index in [1.54, 1.807) is 55.5 Å². The van der Waals surface area contributed by atoms with Crippen molar-refractivity contribution >= 4 is 18.0 Å². The molecule has 44 heavy (non-hydrogen) atoms. The van der Waals surface area contributed by atoms with Gasteiger partial charge in [0.25, 0.3) is 0 Å². The molecule has 5 atom stereocenters. The number of carbonyl (C=O) groups excluding carboxylic acids is 2. The lowest BCUT2D eigenvalue weighted by Gasteiger charge is -2.25. The highest BCUT2D eigenvalue weighted by atomic mass is 16.8. The first kappa shape index (κ1) is 33.2. The second-order valence-electron chi connectivity index (χ2n) is 11.3. The molecule has 0 amide bonds. The molecule has 0 radical (unpaired) electrons.